The zero-order chi connectivity index (χ0) is 31.9. The number of hydrogen-bond donors (Lipinski definition) is 1. The van der Waals surface area contributed by atoms with Gasteiger partial charge in [-0.3, -0.25) is 4.79 Å². The molecule has 0 bridgehead atoms. The van der Waals surface area contributed by atoms with Crippen molar-refractivity contribution in [1.29, 1.82) is 10.5 Å². The van der Waals surface area contributed by atoms with Gasteiger partial charge in [-0.05, 0) is 62.6 Å². The standard InChI is InChI=1S/C32H36N6O5/c1-7-8-9-24-16-25(19-33)30(26(17-24)20-34)37-36-28-11-10-27(18-29(28)35-23(6)39)38(12-14-42-31(40)21(2)3)13-15-43-32(41)22(4)5/h10-11,16-18H,2,4,7-9,12-15H2,1,3,5-6H3,(H,35,39). The molecule has 0 heterocycles. The molecule has 2 aromatic carbocycles. The summed E-state index contributed by atoms with van der Waals surface area (Å²) < 4.78 is 10.5. The third-order valence-electron chi connectivity index (χ3n) is 6.03. The van der Waals surface area contributed by atoms with E-state index in [4.69, 9.17) is 9.47 Å². The molecule has 2 rings (SSSR count). The molecule has 224 valence electrons. The van der Waals surface area contributed by atoms with E-state index in [9.17, 15) is 24.9 Å². The highest BCUT2D eigenvalue weighted by molar-refractivity contribution is 5.93. The van der Waals surface area contributed by atoms with E-state index in [-0.39, 0.29) is 65.9 Å². The van der Waals surface area contributed by atoms with Gasteiger partial charge in [0.15, 0.2) is 0 Å². The molecule has 0 spiro atoms. The first-order chi connectivity index (χ1) is 20.5. The zero-order valence-electron chi connectivity index (χ0n) is 25.0. The molecule has 0 aliphatic heterocycles. The Bertz CT molecular complexity index is 1430. The zero-order valence-corrected chi connectivity index (χ0v) is 25.0. The minimum atomic E-state index is -0.532. The van der Waals surface area contributed by atoms with Gasteiger partial charge in [0.1, 0.15) is 36.7 Å². The Morgan fingerprint density at radius 3 is 1.93 bits per heavy atom. The summed E-state index contributed by atoms with van der Waals surface area (Å²) in [5, 5.41) is 30.7. The first-order valence-corrected chi connectivity index (χ1v) is 13.7. The fourth-order valence-electron chi connectivity index (χ4n) is 3.81. The molecular formula is C32H36N6O5. The van der Waals surface area contributed by atoms with Crippen molar-refractivity contribution in [3.05, 3.63) is 71.3 Å². The first kappa shape index (κ1) is 33.9. The van der Waals surface area contributed by atoms with Crippen molar-refractivity contribution < 1.29 is 23.9 Å². The summed E-state index contributed by atoms with van der Waals surface area (Å²) in [6.07, 6.45) is 2.64. The smallest absolute Gasteiger partial charge is 0.333 e. The van der Waals surface area contributed by atoms with Gasteiger partial charge in [-0.2, -0.15) is 10.5 Å². The molecule has 0 saturated heterocycles. The van der Waals surface area contributed by atoms with Gasteiger partial charge in [-0.15, -0.1) is 10.2 Å². The molecule has 0 unspecified atom stereocenters. The van der Waals surface area contributed by atoms with Crippen LogP contribution in [0.1, 0.15) is 57.2 Å². The van der Waals surface area contributed by atoms with E-state index in [0.717, 1.165) is 24.8 Å². The molecule has 0 aromatic heterocycles. The second-order valence-electron chi connectivity index (χ2n) is 9.77. The van der Waals surface area contributed by atoms with E-state index in [1.54, 1.807) is 49.1 Å². The first-order valence-electron chi connectivity index (χ1n) is 13.7. The number of amides is 1. The van der Waals surface area contributed by atoms with Crippen molar-refractivity contribution in [2.75, 3.05) is 36.5 Å². The van der Waals surface area contributed by atoms with E-state index in [0.29, 0.717) is 11.4 Å². The quantitative estimate of drug-likeness (QED) is 0.147. The van der Waals surface area contributed by atoms with E-state index in [1.165, 1.54) is 6.92 Å². The number of ether oxygens (including phenoxy) is 2. The van der Waals surface area contributed by atoms with Crippen LogP contribution in [0.5, 0.6) is 0 Å². The minimum absolute atomic E-state index is 0.0270. The molecule has 1 amide bonds. The molecule has 0 saturated carbocycles. The van der Waals surface area contributed by atoms with Crippen LogP contribution in [0, 0.1) is 22.7 Å². The van der Waals surface area contributed by atoms with E-state index >= 15 is 0 Å². The highest BCUT2D eigenvalue weighted by Gasteiger charge is 2.15. The number of hydrogen-bond acceptors (Lipinski definition) is 10. The summed E-state index contributed by atoms with van der Waals surface area (Å²) in [5.74, 6) is -1.42. The van der Waals surface area contributed by atoms with Crippen molar-refractivity contribution in [2.24, 2.45) is 10.2 Å². The summed E-state index contributed by atoms with van der Waals surface area (Å²) in [5.41, 5.74) is 3.20. The second kappa shape index (κ2) is 16.8. The van der Waals surface area contributed by atoms with E-state index < -0.39 is 11.9 Å². The third-order valence-corrected chi connectivity index (χ3v) is 6.03. The number of carbonyl (C=O) groups is 3. The molecule has 2 aromatic rings. The van der Waals surface area contributed by atoms with Crippen molar-refractivity contribution in [1.82, 2.24) is 0 Å². The van der Waals surface area contributed by atoms with Gasteiger partial charge in [0.05, 0.1) is 29.9 Å². The van der Waals surface area contributed by atoms with Gasteiger partial charge in [0.2, 0.25) is 5.91 Å². The summed E-state index contributed by atoms with van der Waals surface area (Å²) >= 11 is 0. The Labute approximate surface area is 252 Å². The Balaban J connectivity index is 2.44. The van der Waals surface area contributed by atoms with Gasteiger partial charge in [-0.25, -0.2) is 9.59 Å². The molecule has 11 nitrogen and oxygen atoms in total. The lowest BCUT2D eigenvalue weighted by molar-refractivity contribution is -0.139. The molecule has 0 radical (unpaired) electrons. The number of rotatable bonds is 15. The number of azo groups is 1. The Kier molecular flexibility index (Phi) is 13.3. The number of anilines is 2. The van der Waals surface area contributed by atoms with Crippen molar-refractivity contribution >= 4 is 40.6 Å². The predicted octanol–water partition coefficient (Wildman–Crippen LogP) is 6.19. The minimum Gasteiger partial charge on any atom is -0.460 e. The Hall–Kier alpha value is -5.29. The number of nitriles is 2. The fourth-order valence-corrected chi connectivity index (χ4v) is 3.81. The van der Waals surface area contributed by atoms with Crippen LogP contribution in [-0.4, -0.2) is 44.1 Å². The van der Waals surface area contributed by atoms with Crippen LogP contribution < -0.4 is 10.2 Å². The number of unbranched alkanes of at least 4 members (excludes halogenated alkanes) is 1. The highest BCUT2D eigenvalue weighted by atomic mass is 16.5. The van der Waals surface area contributed by atoms with Gasteiger partial charge < -0.3 is 19.7 Å². The molecular weight excluding hydrogens is 548 g/mol. The maximum absolute atomic E-state index is 12.1. The SMILES string of the molecule is C=C(C)C(=O)OCCN(CCOC(=O)C(=C)C)c1ccc(N=Nc2c(C#N)cc(CCCC)cc2C#N)c(NC(C)=O)c1. The van der Waals surface area contributed by atoms with Crippen LogP contribution in [0.2, 0.25) is 0 Å². The molecule has 43 heavy (non-hydrogen) atoms. The summed E-state index contributed by atoms with van der Waals surface area (Å²) in [4.78, 5) is 37.6. The van der Waals surface area contributed by atoms with Crippen LogP contribution in [-0.2, 0) is 30.3 Å². The molecule has 0 atom stereocenters. The Morgan fingerprint density at radius 2 is 1.47 bits per heavy atom. The number of esters is 2. The van der Waals surface area contributed by atoms with Crippen molar-refractivity contribution in [3.63, 3.8) is 0 Å². The molecule has 1 N–H and O–H groups in total. The fraction of sp³-hybridized carbons (Fsp3) is 0.344. The van der Waals surface area contributed by atoms with Gasteiger partial charge in [0.25, 0.3) is 0 Å². The number of nitrogens with zero attached hydrogens (tertiary/aromatic N) is 5. The van der Waals surface area contributed by atoms with Crippen LogP contribution in [0.15, 0.2) is 64.9 Å². The normalized spacial score (nSPS) is 10.4. The van der Waals surface area contributed by atoms with Crippen LogP contribution in [0.3, 0.4) is 0 Å². The maximum Gasteiger partial charge on any atom is 0.333 e. The lowest BCUT2D eigenvalue weighted by atomic mass is 10.0. The van der Waals surface area contributed by atoms with E-state index in [2.05, 4.69) is 47.8 Å². The average Bonchev–Trinajstić information content (AvgIpc) is 2.97. The average molecular weight is 585 g/mol. The topological polar surface area (TPSA) is 157 Å². The second-order valence-corrected chi connectivity index (χ2v) is 9.77. The monoisotopic (exact) mass is 584 g/mol. The van der Waals surface area contributed by atoms with Crippen LogP contribution in [0.4, 0.5) is 22.7 Å². The van der Waals surface area contributed by atoms with Crippen LogP contribution in [0.25, 0.3) is 0 Å². The number of aryl methyl sites for hydroxylation is 1. The predicted molar refractivity (Wildman–Crippen MR) is 163 cm³/mol. The highest BCUT2D eigenvalue weighted by Crippen LogP contribution is 2.34. The van der Waals surface area contributed by atoms with E-state index in [1.807, 2.05) is 0 Å². The molecule has 11 heteroatoms. The van der Waals surface area contributed by atoms with Gasteiger partial charge >= 0.3 is 11.9 Å². The molecule has 0 fully saturated rings. The lowest BCUT2D eigenvalue weighted by Crippen LogP contribution is -2.32. The lowest BCUT2D eigenvalue weighted by Gasteiger charge is -2.25. The molecule has 0 aliphatic rings. The Morgan fingerprint density at radius 1 is 0.907 bits per heavy atom. The van der Waals surface area contributed by atoms with Gasteiger partial charge in [0, 0.05) is 23.8 Å². The van der Waals surface area contributed by atoms with Gasteiger partial charge in [-0.1, -0.05) is 26.5 Å². The summed E-state index contributed by atoms with van der Waals surface area (Å²) in [7, 11) is 0. The number of nitrogens with one attached hydrogen (secondary N) is 1. The summed E-state index contributed by atoms with van der Waals surface area (Å²) in [6.45, 7) is 14.2. The van der Waals surface area contributed by atoms with Crippen molar-refractivity contribution in [2.45, 2.75) is 47.0 Å². The largest absolute Gasteiger partial charge is 0.460 e. The number of benzene rings is 2. The molecule has 0 aliphatic carbocycles. The third kappa shape index (κ3) is 10.6. The maximum atomic E-state index is 12.1. The summed E-state index contributed by atoms with van der Waals surface area (Å²) in [6, 6.07) is 12.6. The number of carbonyl (C=O) groups excluding carboxylic acids is 3. The van der Waals surface area contributed by atoms with Crippen molar-refractivity contribution in [3.8, 4) is 12.1 Å². The van der Waals surface area contributed by atoms with Crippen LogP contribution >= 0.6 is 0 Å².